The van der Waals surface area contributed by atoms with E-state index in [9.17, 15) is 14.7 Å². The molecule has 2 aliphatic heterocycles. The minimum absolute atomic E-state index is 0.0731. The van der Waals surface area contributed by atoms with Crippen molar-refractivity contribution >= 4 is 23.1 Å². The highest BCUT2D eigenvalue weighted by Gasteiger charge is 2.47. The second-order valence-corrected chi connectivity index (χ2v) is 9.24. The topological polar surface area (TPSA) is 79.3 Å². The Kier molecular flexibility index (Phi) is 6.66. The molecule has 0 bridgehead atoms. The third-order valence-electron chi connectivity index (χ3n) is 6.57. The van der Waals surface area contributed by atoms with Crippen LogP contribution >= 0.6 is 0 Å². The van der Waals surface area contributed by atoms with Crippen molar-refractivity contribution in [3.63, 3.8) is 0 Å². The van der Waals surface area contributed by atoms with Gasteiger partial charge in [-0.1, -0.05) is 18.2 Å². The van der Waals surface area contributed by atoms with Crippen LogP contribution in [0, 0.1) is 13.8 Å². The SMILES string of the molecule is COc1c(C)cc(C)cc1/C(O)=C1\C(=O)C(=O)N(CC2CCCO2)C1c1ccc(N(C)C)cc1. The number of carbonyl (C=O) groups excluding carboxylic acids is 2. The number of hydrogen-bond acceptors (Lipinski definition) is 6. The zero-order chi connectivity index (χ0) is 24.6. The number of aryl methyl sites for hydroxylation is 2. The van der Waals surface area contributed by atoms with E-state index in [2.05, 4.69) is 0 Å². The van der Waals surface area contributed by atoms with Gasteiger partial charge in [0.2, 0.25) is 0 Å². The van der Waals surface area contributed by atoms with Gasteiger partial charge in [0.05, 0.1) is 30.4 Å². The minimum atomic E-state index is -0.717. The average Bonchev–Trinajstić information content (AvgIpc) is 3.40. The van der Waals surface area contributed by atoms with E-state index in [4.69, 9.17) is 9.47 Å². The number of rotatable bonds is 6. The number of Topliss-reactive ketones (excluding diaryl/α,β-unsaturated/α-hetero) is 1. The highest BCUT2D eigenvalue weighted by molar-refractivity contribution is 6.46. The van der Waals surface area contributed by atoms with Gasteiger partial charge in [-0.2, -0.15) is 0 Å². The van der Waals surface area contributed by atoms with Crippen molar-refractivity contribution in [2.45, 2.75) is 38.8 Å². The molecule has 2 unspecified atom stereocenters. The van der Waals surface area contributed by atoms with Crippen molar-refractivity contribution in [1.29, 1.82) is 0 Å². The van der Waals surface area contributed by atoms with Crippen LogP contribution in [0.5, 0.6) is 5.75 Å². The van der Waals surface area contributed by atoms with Gasteiger partial charge in [-0.05, 0) is 61.6 Å². The number of likely N-dealkylation sites (tertiary alicyclic amines) is 1. The number of anilines is 1. The molecule has 180 valence electrons. The molecule has 2 fully saturated rings. The summed E-state index contributed by atoms with van der Waals surface area (Å²) in [5.74, 6) is -1.06. The molecular weight excluding hydrogens is 432 g/mol. The number of carbonyl (C=O) groups is 2. The van der Waals surface area contributed by atoms with Crippen molar-refractivity contribution in [2.24, 2.45) is 0 Å². The van der Waals surface area contributed by atoms with Gasteiger partial charge in [-0.25, -0.2) is 0 Å². The Bertz CT molecular complexity index is 1130. The van der Waals surface area contributed by atoms with Crippen molar-refractivity contribution in [2.75, 3.05) is 39.3 Å². The van der Waals surface area contributed by atoms with Crippen LogP contribution in [-0.2, 0) is 14.3 Å². The van der Waals surface area contributed by atoms with Gasteiger partial charge >= 0.3 is 0 Å². The molecule has 2 atom stereocenters. The summed E-state index contributed by atoms with van der Waals surface area (Å²) in [5, 5.41) is 11.5. The number of amides is 1. The molecule has 1 amide bonds. The van der Waals surface area contributed by atoms with Crippen molar-refractivity contribution in [3.8, 4) is 5.75 Å². The molecule has 2 saturated heterocycles. The number of nitrogens with zero attached hydrogens (tertiary/aromatic N) is 2. The van der Waals surface area contributed by atoms with E-state index < -0.39 is 17.7 Å². The molecule has 0 aromatic heterocycles. The first kappa shape index (κ1) is 23.8. The van der Waals surface area contributed by atoms with E-state index in [1.165, 1.54) is 7.11 Å². The van der Waals surface area contributed by atoms with E-state index >= 15 is 0 Å². The molecule has 2 aliphatic rings. The summed E-state index contributed by atoms with van der Waals surface area (Å²) in [5.41, 5.74) is 3.99. The van der Waals surface area contributed by atoms with E-state index in [1.807, 2.05) is 63.2 Å². The maximum atomic E-state index is 13.3. The molecule has 1 N–H and O–H groups in total. The Hall–Kier alpha value is -3.32. The van der Waals surface area contributed by atoms with Gasteiger partial charge < -0.3 is 24.4 Å². The van der Waals surface area contributed by atoms with Crippen LogP contribution in [0.15, 0.2) is 42.0 Å². The van der Waals surface area contributed by atoms with Crippen LogP contribution in [0.25, 0.3) is 5.76 Å². The molecule has 7 nitrogen and oxygen atoms in total. The van der Waals surface area contributed by atoms with Crippen LogP contribution in [0.3, 0.4) is 0 Å². The van der Waals surface area contributed by atoms with Crippen LogP contribution < -0.4 is 9.64 Å². The molecule has 4 rings (SSSR count). The monoisotopic (exact) mass is 464 g/mol. The Morgan fingerprint density at radius 3 is 2.47 bits per heavy atom. The lowest BCUT2D eigenvalue weighted by Crippen LogP contribution is -2.36. The summed E-state index contributed by atoms with van der Waals surface area (Å²) in [6, 6.07) is 10.7. The zero-order valence-electron chi connectivity index (χ0n) is 20.4. The fraction of sp³-hybridized carbons (Fsp3) is 0.407. The molecule has 7 heteroatoms. The molecule has 2 aromatic carbocycles. The van der Waals surface area contributed by atoms with Crippen molar-refractivity contribution in [3.05, 3.63) is 64.2 Å². The highest BCUT2D eigenvalue weighted by atomic mass is 16.5. The maximum absolute atomic E-state index is 13.3. The number of ketones is 1. The van der Waals surface area contributed by atoms with Crippen LogP contribution in [0.1, 0.15) is 41.1 Å². The summed E-state index contributed by atoms with van der Waals surface area (Å²) in [7, 11) is 5.43. The average molecular weight is 465 g/mol. The van der Waals surface area contributed by atoms with E-state index in [0.717, 1.165) is 35.2 Å². The minimum Gasteiger partial charge on any atom is -0.507 e. The number of aliphatic hydroxyl groups excluding tert-OH is 1. The molecule has 0 aliphatic carbocycles. The highest BCUT2D eigenvalue weighted by Crippen LogP contribution is 2.42. The Labute approximate surface area is 200 Å². The lowest BCUT2D eigenvalue weighted by molar-refractivity contribution is -0.140. The molecule has 0 radical (unpaired) electrons. The van der Waals surface area contributed by atoms with Gasteiger partial charge in [-0.3, -0.25) is 9.59 Å². The maximum Gasteiger partial charge on any atom is 0.295 e. The first-order valence-corrected chi connectivity index (χ1v) is 11.6. The van der Waals surface area contributed by atoms with Gasteiger partial charge in [0.15, 0.2) is 0 Å². The third kappa shape index (κ3) is 4.28. The molecule has 34 heavy (non-hydrogen) atoms. The van der Waals surface area contributed by atoms with Gasteiger partial charge in [0.25, 0.3) is 11.7 Å². The Morgan fingerprint density at radius 1 is 1.18 bits per heavy atom. The Morgan fingerprint density at radius 2 is 1.88 bits per heavy atom. The first-order chi connectivity index (χ1) is 16.2. The summed E-state index contributed by atoms with van der Waals surface area (Å²) in [6.45, 7) is 4.74. The number of methoxy groups -OCH3 is 1. The third-order valence-corrected chi connectivity index (χ3v) is 6.57. The van der Waals surface area contributed by atoms with Crippen molar-refractivity contribution < 1.29 is 24.2 Å². The summed E-state index contributed by atoms with van der Waals surface area (Å²) in [6.07, 6.45) is 1.63. The number of hydrogen-bond donors (Lipinski definition) is 1. The smallest absolute Gasteiger partial charge is 0.295 e. The lowest BCUT2D eigenvalue weighted by atomic mass is 9.93. The second-order valence-electron chi connectivity index (χ2n) is 9.24. The first-order valence-electron chi connectivity index (χ1n) is 11.6. The van der Waals surface area contributed by atoms with Crippen LogP contribution in [0.4, 0.5) is 5.69 Å². The molecule has 2 heterocycles. The van der Waals surface area contributed by atoms with Gasteiger partial charge in [0, 0.05) is 32.9 Å². The van der Waals surface area contributed by atoms with Crippen molar-refractivity contribution in [1.82, 2.24) is 4.90 Å². The summed E-state index contributed by atoms with van der Waals surface area (Å²) < 4.78 is 11.3. The number of aliphatic hydroxyl groups is 1. The van der Waals surface area contributed by atoms with E-state index in [-0.39, 0.29) is 17.4 Å². The Balaban J connectivity index is 1.88. The second kappa shape index (κ2) is 9.50. The fourth-order valence-corrected chi connectivity index (χ4v) is 4.92. The summed E-state index contributed by atoms with van der Waals surface area (Å²) >= 11 is 0. The summed E-state index contributed by atoms with van der Waals surface area (Å²) in [4.78, 5) is 30.1. The molecule has 2 aromatic rings. The predicted octanol–water partition coefficient (Wildman–Crippen LogP) is 3.98. The largest absolute Gasteiger partial charge is 0.507 e. The standard InChI is InChI=1S/C27H32N2O5/c1-16-13-17(2)26(33-5)21(14-16)24(30)22-23(18-8-10-19(11-9-18)28(3)4)29(27(32)25(22)31)15-20-7-6-12-34-20/h8-11,13-14,20,23,30H,6-7,12,15H2,1-5H3/b24-22+. The molecule has 0 spiro atoms. The van der Waals surface area contributed by atoms with Crippen LogP contribution in [0.2, 0.25) is 0 Å². The lowest BCUT2D eigenvalue weighted by Gasteiger charge is -2.28. The normalized spacial score (nSPS) is 21.9. The zero-order valence-corrected chi connectivity index (χ0v) is 20.4. The number of ether oxygens (including phenoxy) is 2. The predicted molar refractivity (Wildman–Crippen MR) is 131 cm³/mol. The van der Waals surface area contributed by atoms with Crippen LogP contribution in [-0.4, -0.2) is 62.2 Å². The quantitative estimate of drug-likeness (QED) is 0.396. The van der Waals surface area contributed by atoms with Gasteiger partial charge in [-0.15, -0.1) is 0 Å². The molecular formula is C27H32N2O5. The van der Waals surface area contributed by atoms with E-state index in [1.54, 1.807) is 11.0 Å². The number of benzene rings is 2. The van der Waals surface area contributed by atoms with E-state index in [0.29, 0.717) is 24.5 Å². The van der Waals surface area contributed by atoms with Gasteiger partial charge in [0.1, 0.15) is 11.5 Å². The fourth-order valence-electron chi connectivity index (χ4n) is 4.92. The molecule has 0 saturated carbocycles.